The summed E-state index contributed by atoms with van der Waals surface area (Å²) >= 11 is 2.18. The van der Waals surface area contributed by atoms with E-state index in [0.29, 0.717) is 11.4 Å². The molecule has 49 heavy (non-hydrogen) atoms. The number of aromatic nitrogens is 4. The fourth-order valence-electron chi connectivity index (χ4n) is 3.78. The number of aryl methyl sites for hydroxylation is 2. The highest BCUT2D eigenvalue weighted by Crippen LogP contribution is 2.26. The van der Waals surface area contributed by atoms with Gasteiger partial charge in [-0.25, -0.2) is 9.36 Å². The standard InChI is InChI=1S/C17H19F3N2OSi.C12H10F3IN2O.C5H10Si/c1-12-16(10-11-24(3,4)5)13(2)22(21-12)14-6-8-15(9-7-14)23-17(18,19)20;1-7-11(16)8(2)18(17-7)9-3-5-10(6-4-9)19-12(13,14)15;1-5-6(2,3)4/h6-9H,1-5H3;3-6H,1-2H3;1H,2-4H3. The van der Waals surface area contributed by atoms with E-state index in [4.69, 9.17) is 6.42 Å². The second-order valence-corrected chi connectivity index (χ2v) is 23.4. The Balaban J connectivity index is 0.000000297. The third-order valence-electron chi connectivity index (χ3n) is 6.12. The number of halogens is 7. The van der Waals surface area contributed by atoms with E-state index >= 15 is 0 Å². The van der Waals surface area contributed by atoms with Gasteiger partial charge in [0.2, 0.25) is 0 Å². The lowest BCUT2D eigenvalue weighted by atomic mass is 10.2. The van der Waals surface area contributed by atoms with Gasteiger partial charge in [-0.05, 0) is 98.8 Å². The van der Waals surface area contributed by atoms with Gasteiger partial charge in [-0.15, -0.1) is 43.9 Å². The quantitative estimate of drug-likeness (QED) is 0.0890. The average Bonchev–Trinajstić information content (AvgIpc) is 3.39. The van der Waals surface area contributed by atoms with E-state index in [1.54, 1.807) is 9.36 Å². The van der Waals surface area contributed by atoms with Crippen LogP contribution in [0.5, 0.6) is 11.5 Å². The molecule has 6 nitrogen and oxygen atoms in total. The third kappa shape index (κ3) is 14.0. The molecule has 0 saturated carbocycles. The summed E-state index contributed by atoms with van der Waals surface area (Å²) in [6.07, 6.45) is -4.25. The average molecular weight is 833 g/mol. The summed E-state index contributed by atoms with van der Waals surface area (Å²) in [6, 6.07) is 11.2. The van der Waals surface area contributed by atoms with Gasteiger partial charge in [0.05, 0.1) is 43.3 Å². The SMILES string of the molecule is C#C[Si](C)(C)C.Cc1nn(-c2ccc(OC(F)(F)F)cc2)c(C)c1C#C[Si](C)(C)C.Cc1nn(-c2ccc(OC(F)(F)F)cc2)c(C)c1I. The van der Waals surface area contributed by atoms with Crippen molar-refractivity contribution in [2.24, 2.45) is 0 Å². The van der Waals surface area contributed by atoms with Gasteiger partial charge >= 0.3 is 12.7 Å². The van der Waals surface area contributed by atoms with Crippen LogP contribution in [0.15, 0.2) is 48.5 Å². The molecule has 0 N–H and O–H groups in total. The predicted molar refractivity (Wildman–Crippen MR) is 195 cm³/mol. The van der Waals surface area contributed by atoms with Gasteiger partial charge in [0.1, 0.15) is 27.6 Å². The molecule has 0 aliphatic rings. The molecule has 0 fully saturated rings. The van der Waals surface area contributed by atoms with Crippen molar-refractivity contribution in [3.8, 4) is 46.3 Å². The summed E-state index contributed by atoms with van der Waals surface area (Å²) in [5.74, 6) is 2.71. The van der Waals surface area contributed by atoms with Gasteiger partial charge in [0.15, 0.2) is 0 Å². The molecule has 2 heterocycles. The van der Waals surface area contributed by atoms with Crippen molar-refractivity contribution in [1.82, 2.24) is 19.6 Å². The molecule has 15 heteroatoms. The number of nitrogens with zero attached hydrogens (tertiary/aromatic N) is 4. The normalized spacial score (nSPS) is 11.6. The van der Waals surface area contributed by atoms with Crippen LogP contribution in [0, 0.1) is 54.7 Å². The first-order valence-corrected chi connectivity index (χ1v) is 22.9. The number of alkyl halides is 6. The van der Waals surface area contributed by atoms with Crippen LogP contribution in [0.2, 0.25) is 39.3 Å². The molecule has 264 valence electrons. The summed E-state index contributed by atoms with van der Waals surface area (Å²) in [5.41, 5.74) is 11.8. The fraction of sp³-hybridized carbons (Fsp3) is 0.353. The highest BCUT2D eigenvalue weighted by atomic mass is 127. The van der Waals surface area contributed by atoms with Crippen molar-refractivity contribution in [3.05, 3.63) is 80.4 Å². The Kier molecular flexibility index (Phi) is 13.8. The monoisotopic (exact) mass is 832 g/mol. The smallest absolute Gasteiger partial charge is 0.406 e. The molecule has 0 saturated heterocycles. The molecule has 2 aromatic carbocycles. The molecular weight excluding hydrogens is 793 g/mol. The Morgan fingerprint density at radius 2 is 1.02 bits per heavy atom. The van der Waals surface area contributed by atoms with Crippen LogP contribution in [-0.4, -0.2) is 48.4 Å². The van der Waals surface area contributed by atoms with Gasteiger partial charge in [0.25, 0.3) is 0 Å². The van der Waals surface area contributed by atoms with Gasteiger partial charge in [-0.2, -0.15) is 10.2 Å². The molecule has 4 rings (SSSR count). The third-order valence-corrected chi connectivity index (χ3v) is 9.42. The van der Waals surface area contributed by atoms with Crippen LogP contribution >= 0.6 is 22.6 Å². The molecule has 0 aliphatic heterocycles. The molecule has 4 aromatic rings. The molecule has 0 bridgehead atoms. The number of hydrogen-bond acceptors (Lipinski definition) is 4. The second kappa shape index (κ2) is 16.4. The summed E-state index contributed by atoms with van der Waals surface area (Å²) in [4.78, 5) is 0. The lowest BCUT2D eigenvalue weighted by molar-refractivity contribution is -0.275. The lowest BCUT2D eigenvalue weighted by Gasteiger charge is -2.10. The Morgan fingerprint density at radius 1 is 0.653 bits per heavy atom. The zero-order chi connectivity index (χ0) is 37.5. The van der Waals surface area contributed by atoms with Gasteiger partial charge in [-0.1, -0.05) is 45.2 Å². The minimum Gasteiger partial charge on any atom is -0.406 e. The lowest BCUT2D eigenvalue weighted by Crippen LogP contribution is -2.17. The van der Waals surface area contributed by atoms with Crippen molar-refractivity contribution >= 4 is 38.7 Å². The van der Waals surface area contributed by atoms with E-state index in [-0.39, 0.29) is 11.5 Å². The number of terminal acetylenes is 1. The maximum Gasteiger partial charge on any atom is 0.573 e. The van der Waals surface area contributed by atoms with Crippen LogP contribution in [-0.2, 0) is 0 Å². The number of rotatable bonds is 4. The highest BCUT2D eigenvalue weighted by Gasteiger charge is 2.31. The Morgan fingerprint density at radius 3 is 1.33 bits per heavy atom. The molecule has 0 unspecified atom stereocenters. The van der Waals surface area contributed by atoms with Crippen LogP contribution in [0.4, 0.5) is 26.3 Å². The van der Waals surface area contributed by atoms with Crippen LogP contribution in [0.25, 0.3) is 11.4 Å². The van der Waals surface area contributed by atoms with E-state index in [1.807, 2.05) is 27.7 Å². The Labute approximate surface area is 299 Å². The van der Waals surface area contributed by atoms with E-state index in [0.717, 1.165) is 31.9 Å². The largest absolute Gasteiger partial charge is 0.573 e. The van der Waals surface area contributed by atoms with Crippen molar-refractivity contribution in [2.45, 2.75) is 79.7 Å². The summed E-state index contributed by atoms with van der Waals surface area (Å²) in [7, 11) is -2.61. The van der Waals surface area contributed by atoms with Crippen LogP contribution < -0.4 is 9.47 Å². The fourth-order valence-corrected chi connectivity index (χ4v) is 4.61. The van der Waals surface area contributed by atoms with Crippen LogP contribution in [0.3, 0.4) is 0 Å². The molecule has 0 radical (unpaired) electrons. The number of ether oxygens (including phenoxy) is 2. The highest BCUT2D eigenvalue weighted by molar-refractivity contribution is 14.1. The van der Waals surface area contributed by atoms with Crippen molar-refractivity contribution < 1.29 is 35.8 Å². The Hall–Kier alpha value is -3.68. The number of benzene rings is 2. The van der Waals surface area contributed by atoms with Gasteiger partial charge in [-0.3, -0.25) is 0 Å². The van der Waals surface area contributed by atoms with Gasteiger partial charge in [0, 0.05) is 0 Å². The molecule has 0 atom stereocenters. The first kappa shape index (κ1) is 41.5. The van der Waals surface area contributed by atoms with E-state index in [9.17, 15) is 26.3 Å². The van der Waals surface area contributed by atoms with Crippen molar-refractivity contribution in [2.75, 3.05) is 0 Å². The molecular formula is C34H39F6IN4O2Si2. The minimum absolute atomic E-state index is 0.243. The molecule has 0 amide bonds. The van der Waals surface area contributed by atoms with E-state index < -0.39 is 28.9 Å². The summed E-state index contributed by atoms with van der Waals surface area (Å²) in [5, 5.41) is 8.78. The summed E-state index contributed by atoms with van der Waals surface area (Å²) < 4.78 is 84.9. The zero-order valence-electron chi connectivity index (χ0n) is 28.9. The predicted octanol–water partition coefficient (Wildman–Crippen LogP) is 10.1. The zero-order valence-corrected chi connectivity index (χ0v) is 33.1. The van der Waals surface area contributed by atoms with E-state index in [2.05, 4.69) is 98.6 Å². The first-order chi connectivity index (χ1) is 22.3. The minimum atomic E-state index is -4.70. The van der Waals surface area contributed by atoms with Crippen LogP contribution in [0.1, 0.15) is 28.3 Å². The second-order valence-electron chi connectivity index (χ2n) is 12.8. The molecule has 0 aliphatic carbocycles. The van der Waals surface area contributed by atoms with Crippen molar-refractivity contribution in [3.63, 3.8) is 0 Å². The van der Waals surface area contributed by atoms with E-state index in [1.165, 1.54) is 48.5 Å². The number of hydrogen-bond donors (Lipinski definition) is 0. The topological polar surface area (TPSA) is 54.1 Å². The first-order valence-electron chi connectivity index (χ1n) is 14.8. The van der Waals surface area contributed by atoms with Crippen molar-refractivity contribution in [1.29, 1.82) is 0 Å². The maximum absolute atomic E-state index is 12.2. The summed E-state index contributed by atoms with van der Waals surface area (Å²) in [6.45, 7) is 20.5. The Bertz CT molecular complexity index is 1820. The molecule has 0 spiro atoms. The maximum atomic E-state index is 12.2. The molecule has 2 aromatic heterocycles. The van der Waals surface area contributed by atoms with Gasteiger partial charge < -0.3 is 9.47 Å².